The Labute approximate surface area is 227 Å². The van der Waals surface area contributed by atoms with E-state index in [2.05, 4.69) is 25.6 Å². The topological polar surface area (TPSA) is 137 Å². The minimum Gasteiger partial charge on any atom is -0.388 e. The van der Waals surface area contributed by atoms with Gasteiger partial charge in [-0.25, -0.2) is 9.67 Å². The number of hydrogen-bond donors (Lipinski definition) is 1. The SMILES string of the molecule is Cc1nnnn1-c1ccc(C(=O)N2CCC(O)(Cn3cnc4c(cnn4-c4ccc(Cl)cc4)c3=O)CC2)cc1. The fraction of sp³-hybridized carbons (Fsp3) is 0.269. The maximum atomic E-state index is 13.2. The lowest BCUT2D eigenvalue weighted by molar-refractivity contribution is -0.0299. The van der Waals surface area contributed by atoms with E-state index in [0.717, 1.165) is 11.4 Å². The number of aromatic nitrogens is 8. The van der Waals surface area contributed by atoms with Gasteiger partial charge in [0.25, 0.3) is 11.5 Å². The Hall–Kier alpha value is -4.42. The first-order valence-corrected chi connectivity index (χ1v) is 12.8. The summed E-state index contributed by atoms with van der Waals surface area (Å²) in [5, 5.41) is 28.0. The molecule has 2 aromatic carbocycles. The molecule has 0 bridgehead atoms. The molecule has 12 nitrogen and oxygen atoms in total. The van der Waals surface area contributed by atoms with Crippen LogP contribution in [0.2, 0.25) is 5.02 Å². The molecule has 0 radical (unpaired) electrons. The zero-order valence-electron chi connectivity index (χ0n) is 21.0. The third-order valence-corrected chi connectivity index (χ3v) is 7.31. The lowest BCUT2D eigenvalue weighted by Gasteiger charge is -2.38. The first-order chi connectivity index (χ1) is 18.8. The van der Waals surface area contributed by atoms with Crippen molar-refractivity contribution in [2.45, 2.75) is 31.9 Å². The van der Waals surface area contributed by atoms with Crippen LogP contribution in [0, 0.1) is 6.92 Å². The van der Waals surface area contributed by atoms with Crippen LogP contribution >= 0.6 is 11.6 Å². The van der Waals surface area contributed by atoms with Crippen molar-refractivity contribution in [3.05, 3.63) is 87.8 Å². The first kappa shape index (κ1) is 24.9. The van der Waals surface area contributed by atoms with E-state index >= 15 is 0 Å². The third kappa shape index (κ3) is 4.68. The van der Waals surface area contributed by atoms with Crippen LogP contribution in [0.15, 0.2) is 65.8 Å². The van der Waals surface area contributed by atoms with E-state index in [-0.39, 0.29) is 18.0 Å². The Kier molecular flexibility index (Phi) is 6.20. The van der Waals surface area contributed by atoms with Gasteiger partial charge in [0.1, 0.15) is 11.7 Å². The largest absolute Gasteiger partial charge is 0.388 e. The molecule has 13 heteroatoms. The Morgan fingerprint density at radius 2 is 1.69 bits per heavy atom. The molecule has 1 saturated heterocycles. The summed E-state index contributed by atoms with van der Waals surface area (Å²) in [6, 6.07) is 14.1. The average Bonchev–Trinajstić information content (AvgIpc) is 3.58. The molecule has 39 heavy (non-hydrogen) atoms. The lowest BCUT2D eigenvalue weighted by atomic mass is 9.91. The zero-order chi connectivity index (χ0) is 27.1. The maximum absolute atomic E-state index is 13.2. The van der Waals surface area contributed by atoms with Gasteiger partial charge in [-0.3, -0.25) is 14.2 Å². The molecule has 1 fully saturated rings. The normalized spacial score (nSPS) is 15.1. The van der Waals surface area contributed by atoms with Gasteiger partial charge in [-0.1, -0.05) is 11.6 Å². The van der Waals surface area contributed by atoms with E-state index in [1.54, 1.807) is 69.7 Å². The molecule has 0 unspecified atom stereocenters. The van der Waals surface area contributed by atoms with E-state index in [0.29, 0.717) is 53.4 Å². The quantitative estimate of drug-likeness (QED) is 0.355. The number of aliphatic hydroxyl groups is 1. The smallest absolute Gasteiger partial charge is 0.264 e. The summed E-state index contributed by atoms with van der Waals surface area (Å²) in [6.07, 6.45) is 3.57. The number of aryl methyl sites for hydroxylation is 1. The first-order valence-electron chi connectivity index (χ1n) is 12.4. The molecule has 3 aromatic heterocycles. The van der Waals surface area contributed by atoms with Gasteiger partial charge in [0, 0.05) is 23.7 Å². The van der Waals surface area contributed by atoms with Gasteiger partial charge >= 0.3 is 0 Å². The van der Waals surface area contributed by atoms with Gasteiger partial charge in [0.15, 0.2) is 11.5 Å². The van der Waals surface area contributed by atoms with Gasteiger partial charge in [0.05, 0.1) is 29.7 Å². The Bertz CT molecular complexity index is 1720. The van der Waals surface area contributed by atoms with E-state index in [9.17, 15) is 14.7 Å². The van der Waals surface area contributed by atoms with Gasteiger partial charge < -0.3 is 10.0 Å². The van der Waals surface area contributed by atoms with Crippen LogP contribution < -0.4 is 5.56 Å². The van der Waals surface area contributed by atoms with Crippen molar-refractivity contribution in [2.75, 3.05) is 13.1 Å². The highest BCUT2D eigenvalue weighted by molar-refractivity contribution is 6.30. The van der Waals surface area contributed by atoms with Crippen molar-refractivity contribution < 1.29 is 9.90 Å². The number of likely N-dealkylation sites (tertiary alicyclic amines) is 1. The van der Waals surface area contributed by atoms with E-state index in [1.807, 2.05) is 0 Å². The number of tetrazole rings is 1. The highest BCUT2D eigenvalue weighted by Crippen LogP contribution is 2.25. The number of rotatable bonds is 5. The highest BCUT2D eigenvalue weighted by Gasteiger charge is 2.35. The summed E-state index contributed by atoms with van der Waals surface area (Å²) in [7, 11) is 0. The number of halogens is 1. The van der Waals surface area contributed by atoms with E-state index in [4.69, 9.17) is 11.6 Å². The van der Waals surface area contributed by atoms with Gasteiger partial charge in [-0.15, -0.1) is 5.10 Å². The predicted octanol–water partition coefficient (Wildman–Crippen LogP) is 2.19. The number of carbonyl (C=O) groups excluding carboxylic acids is 1. The number of nitrogens with zero attached hydrogens (tertiary/aromatic N) is 9. The van der Waals surface area contributed by atoms with Crippen LogP contribution in [-0.4, -0.2) is 74.1 Å². The summed E-state index contributed by atoms with van der Waals surface area (Å²) in [5.41, 5.74) is 1.02. The highest BCUT2D eigenvalue weighted by atomic mass is 35.5. The molecule has 0 spiro atoms. The number of fused-ring (bicyclic) bond motifs is 1. The van der Waals surface area contributed by atoms with Gasteiger partial charge in [0.2, 0.25) is 0 Å². The van der Waals surface area contributed by atoms with Gasteiger partial charge in [-0.05, 0) is 78.7 Å². The summed E-state index contributed by atoms with van der Waals surface area (Å²) >= 11 is 5.98. The number of carbonyl (C=O) groups is 1. The number of piperidine rings is 1. The standard InChI is InChI=1S/C26H24ClN9O3/c1-17-30-31-32-35(17)20-6-2-18(3-7-20)24(37)33-12-10-26(39,11-13-33)15-34-16-28-23-22(25(34)38)14-29-36(23)21-8-4-19(27)5-9-21/h2-9,14,16,39H,10-13,15H2,1H3. The second-order valence-corrected chi connectivity index (χ2v) is 10.1. The molecule has 0 saturated carbocycles. The van der Waals surface area contributed by atoms with Gasteiger partial charge in [-0.2, -0.15) is 9.78 Å². The van der Waals surface area contributed by atoms with Crippen LogP contribution in [0.1, 0.15) is 29.0 Å². The molecule has 1 aliphatic rings. The molecular weight excluding hydrogens is 522 g/mol. The van der Waals surface area contributed by atoms with E-state index < -0.39 is 5.60 Å². The summed E-state index contributed by atoms with van der Waals surface area (Å²) < 4.78 is 4.58. The molecule has 5 aromatic rings. The van der Waals surface area contributed by atoms with Crippen LogP contribution in [0.25, 0.3) is 22.4 Å². The summed E-state index contributed by atoms with van der Waals surface area (Å²) in [5.74, 6) is 0.528. The minimum atomic E-state index is -1.15. The minimum absolute atomic E-state index is 0.0723. The monoisotopic (exact) mass is 545 g/mol. The number of amides is 1. The van der Waals surface area contributed by atoms with Crippen LogP contribution in [-0.2, 0) is 6.54 Å². The second kappa shape index (κ2) is 9.71. The Morgan fingerprint density at radius 1 is 1.03 bits per heavy atom. The van der Waals surface area contributed by atoms with E-state index in [1.165, 1.54) is 17.1 Å². The molecule has 198 valence electrons. The summed E-state index contributed by atoms with van der Waals surface area (Å²) in [6.45, 7) is 2.59. The molecule has 1 N–H and O–H groups in total. The third-order valence-electron chi connectivity index (χ3n) is 7.06. The average molecular weight is 546 g/mol. The van der Waals surface area contributed by atoms with Crippen molar-refractivity contribution in [2.24, 2.45) is 0 Å². The fourth-order valence-corrected chi connectivity index (χ4v) is 4.96. The molecule has 4 heterocycles. The van der Waals surface area contributed by atoms with Crippen LogP contribution in [0.4, 0.5) is 0 Å². The Balaban J connectivity index is 1.14. The molecule has 1 amide bonds. The van der Waals surface area contributed by atoms with Crippen molar-refractivity contribution in [1.29, 1.82) is 0 Å². The molecule has 1 aliphatic heterocycles. The fourth-order valence-electron chi connectivity index (χ4n) is 4.83. The van der Waals surface area contributed by atoms with Crippen LogP contribution in [0.3, 0.4) is 0 Å². The molecule has 0 atom stereocenters. The van der Waals surface area contributed by atoms with Crippen molar-refractivity contribution in [3.8, 4) is 11.4 Å². The zero-order valence-corrected chi connectivity index (χ0v) is 21.7. The number of hydrogen-bond acceptors (Lipinski definition) is 8. The number of benzene rings is 2. The maximum Gasteiger partial charge on any atom is 0.264 e. The Morgan fingerprint density at radius 3 is 2.36 bits per heavy atom. The van der Waals surface area contributed by atoms with Crippen molar-refractivity contribution in [1.82, 2.24) is 44.4 Å². The lowest BCUT2D eigenvalue weighted by Crippen LogP contribution is -2.49. The predicted molar refractivity (Wildman–Crippen MR) is 142 cm³/mol. The van der Waals surface area contributed by atoms with Crippen LogP contribution in [0.5, 0.6) is 0 Å². The summed E-state index contributed by atoms with van der Waals surface area (Å²) in [4.78, 5) is 32.4. The molecule has 6 rings (SSSR count). The van der Waals surface area contributed by atoms with Crippen molar-refractivity contribution >= 4 is 28.5 Å². The second-order valence-electron chi connectivity index (χ2n) is 9.65. The van der Waals surface area contributed by atoms with Crippen molar-refractivity contribution in [3.63, 3.8) is 0 Å². The molecular formula is C26H24ClN9O3. The molecule has 0 aliphatic carbocycles.